The predicted octanol–water partition coefficient (Wildman–Crippen LogP) is 9.78. The van der Waals surface area contributed by atoms with Gasteiger partial charge < -0.3 is 25.1 Å². The highest BCUT2D eigenvalue weighted by molar-refractivity contribution is 7.98. The Bertz CT molecular complexity index is 2350. The Morgan fingerprint density at radius 2 is 1.83 bits per heavy atom. The van der Waals surface area contributed by atoms with E-state index in [1.807, 2.05) is 36.5 Å². The number of likely N-dealkylation sites (tertiary alicyclic amines) is 1. The number of aromatic nitrogens is 2. The maximum Gasteiger partial charge on any atom is 0.293 e. The smallest absolute Gasteiger partial charge is 0.293 e. The molecule has 13 heteroatoms. The molecule has 0 radical (unpaired) electrons. The number of nitro groups is 1. The van der Waals surface area contributed by atoms with Gasteiger partial charge in [0.1, 0.15) is 22.8 Å². The SMILES string of the molecule is O=C(NSc1ccc(NCC2CCOCC2)c([N+](=O)[O-])c1)c1ccc(C2=CCC(N3CCCC3c3ccccc3C3CCNCC3)CC2)cc1Oc1cnc2[nH]ccc2c1. The van der Waals surface area contributed by atoms with E-state index in [0.717, 1.165) is 80.3 Å². The summed E-state index contributed by atoms with van der Waals surface area (Å²) >= 11 is 1.04. The zero-order valence-corrected chi connectivity index (χ0v) is 34.7. The van der Waals surface area contributed by atoms with Gasteiger partial charge in [-0.1, -0.05) is 36.4 Å². The highest BCUT2D eigenvalue weighted by Crippen LogP contribution is 2.43. The van der Waals surface area contributed by atoms with Crippen molar-refractivity contribution in [2.45, 2.75) is 80.7 Å². The third kappa shape index (κ3) is 9.09. The Labute approximate surface area is 355 Å². The van der Waals surface area contributed by atoms with E-state index in [2.05, 4.69) is 60.6 Å². The van der Waals surface area contributed by atoms with Crippen LogP contribution in [-0.4, -0.2) is 71.1 Å². The molecule has 9 rings (SSSR count). The molecule has 60 heavy (non-hydrogen) atoms. The number of amides is 1. The van der Waals surface area contributed by atoms with Crippen LogP contribution in [0.3, 0.4) is 0 Å². The lowest BCUT2D eigenvalue weighted by molar-refractivity contribution is -0.384. The number of ether oxygens (including phenoxy) is 2. The number of rotatable bonds is 13. The standard InChI is InChI=1S/C47H53N7O5S/c55-47(52-60-38-12-14-42(44(28-38)54(56)57)50-29-31-18-24-58-25-19-31)41-13-9-34(27-45(41)59-37-26-35-17-22-49-46(35)51-30-37)32-7-10-36(11-8-32)53-23-3-6-43(53)40-5-2-1-4-39(40)33-15-20-48-21-16-33/h1-2,4-5,7,9,12-14,17,22,26-28,30-31,33,36,43,48,50H,3,6,8,10-11,15-16,18-21,23-25,29H2,(H,49,51)(H,52,55). The summed E-state index contributed by atoms with van der Waals surface area (Å²) in [6.45, 7) is 5.38. The van der Waals surface area contributed by atoms with Crippen LogP contribution in [0.5, 0.6) is 11.5 Å². The van der Waals surface area contributed by atoms with E-state index in [1.165, 1.54) is 42.9 Å². The molecule has 2 atom stereocenters. The van der Waals surface area contributed by atoms with E-state index in [-0.39, 0.29) is 16.5 Å². The summed E-state index contributed by atoms with van der Waals surface area (Å²) in [5.74, 6) is 1.60. The fourth-order valence-corrected chi connectivity index (χ4v) is 10.2. The minimum atomic E-state index is -0.390. The van der Waals surface area contributed by atoms with Crippen molar-refractivity contribution in [2.24, 2.45) is 5.92 Å². The average Bonchev–Trinajstić information content (AvgIpc) is 3.99. The first kappa shape index (κ1) is 40.2. The largest absolute Gasteiger partial charge is 0.455 e. The van der Waals surface area contributed by atoms with Crippen LogP contribution in [0.25, 0.3) is 16.6 Å². The van der Waals surface area contributed by atoms with Gasteiger partial charge in [0.15, 0.2) is 0 Å². The lowest BCUT2D eigenvalue weighted by Crippen LogP contribution is -2.36. The number of nitrogens with zero attached hydrogens (tertiary/aromatic N) is 3. The Balaban J connectivity index is 0.916. The van der Waals surface area contributed by atoms with Crippen LogP contribution in [0.1, 0.15) is 96.8 Å². The van der Waals surface area contributed by atoms with Gasteiger partial charge >= 0.3 is 0 Å². The van der Waals surface area contributed by atoms with Crippen LogP contribution < -0.4 is 20.1 Å². The van der Waals surface area contributed by atoms with Crippen molar-refractivity contribution in [1.29, 1.82) is 0 Å². The second-order valence-corrected chi connectivity index (χ2v) is 17.4. The van der Waals surface area contributed by atoms with E-state index in [1.54, 1.807) is 23.9 Å². The van der Waals surface area contributed by atoms with Gasteiger partial charge in [0.25, 0.3) is 11.6 Å². The lowest BCUT2D eigenvalue weighted by atomic mass is 9.83. The number of carbonyl (C=O) groups is 1. The molecule has 0 spiro atoms. The first-order valence-electron chi connectivity index (χ1n) is 21.5. The summed E-state index contributed by atoms with van der Waals surface area (Å²) in [4.78, 5) is 36.5. The fourth-order valence-electron chi connectivity index (χ4n) is 9.60. The Kier molecular flexibility index (Phi) is 12.5. The molecule has 1 amide bonds. The number of H-pyrrole nitrogens is 1. The number of hydrogen-bond acceptors (Lipinski definition) is 10. The van der Waals surface area contributed by atoms with Crippen LogP contribution in [0.15, 0.2) is 96.2 Å². The number of anilines is 1. The van der Waals surface area contributed by atoms with Gasteiger partial charge in [0, 0.05) is 54.4 Å². The summed E-state index contributed by atoms with van der Waals surface area (Å²) in [6.07, 6.45) is 15.5. The fraction of sp³-hybridized carbons (Fsp3) is 0.404. The molecule has 3 aromatic carbocycles. The van der Waals surface area contributed by atoms with Crippen LogP contribution in [0, 0.1) is 16.0 Å². The summed E-state index contributed by atoms with van der Waals surface area (Å²) in [5.41, 5.74) is 6.89. The number of hydrogen-bond donors (Lipinski definition) is 4. The third-order valence-electron chi connectivity index (χ3n) is 12.8. The number of piperidine rings is 1. The Hall–Kier alpha value is -5.21. The molecule has 2 aromatic heterocycles. The molecule has 12 nitrogen and oxygen atoms in total. The number of allylic oxidation sites excluding steroid dienone is 1. The van der Waals surface area contributed by atoms with Gasteiger partial charge in [-0.3, -0.25) is 24.5 Å². The summed E-state index contributed by atoms with van der Waals surface area (Å²) in [5, 5.41) is 19.8. The molecule has 3 fully saturated rings. The molecule has 4 aliphatic rings. The minimum absolute atomic E-state index is 0.0346. The topological polar surface area (TPSA) is 147 Å². The van der Waals surface area contributed by atoms with Gasteiger partial charge in [-0.15, -0.1) is 0 Å². The van der Waals surface area contributed by atoms with Crippen molar-refractivity contribution >= 4 is 45.8 Å². The second kappa shape index (κ2) is 18.6. The van der Waals surface area contributed by atoms with Gasteiger partial charge in [0.05, 0.1) is 16.7 Å². The molecule has 312 valence electrons. The van der Waals surface area contributed by atoms with Gasteiger partial charge in [-0.25, -0.2) is 4.98 Å². The number of pyridine rings is 1. The summed E-state index contributed by atoms with van der Waals surface area (Å²) < 4.78 is 14.8. The monoisotopic (exact) mass is 827 g/mol. The van der Waals surface area contributed by atoms with Gasteiger partial charge in [-0.05, 0) is 160 Å². The van der Waals surface area contributed by atoms with E-state index < -0.39 is 0 Å². The predicted molar refractivity (Wildman–Crippen MR) is 237 cm³/mol. The molecule has 2 unspecified atom stereocenters. The molecular weight excluding hydrogens is 775 g/mol. The minimum Gasteiger partial charge on any atom is -0.455 e. The zero-order chi connectivity index (χ0) is 40.8. The van der Waals surface area contributed by atoms with Crippen molar-refractivity contribution in [3.63, 3.8) is 0 Å². The molecule has 3 aliphatic heterocycles. The quantitative estimate of drug-likeness (QED) is 0.0514. The molecule has 3 saturated heterocycles. The molecule has 0 saturated carbocycles. The highest BCUT2D eigenvalue weighted by Gasteiger charge is 2.35. The lowest BCUT2D eigenvalue weighted by Gasteiger charge is -2.37. The van der Waals surface area contributed by atoms with Crippen molar-refractivity contribution < 1.29 is 19.2 Å². The first-order valence-corrected chi connectivity index (χ1v) is 22.4. The van der Waals surface area contributed by atoms with E-state index >= 15 is 0 Å². The second-order valence-electron chi connectivity index (χ2n) is 16.5. The first-order chi connectivity index (χ1) is 29.5. The van der Waals surface area contributed by atoms with Gasteiger partial charge in [0.2, 0.25) is 0 Å². The molecule has 1 aliphatic carbocycles. The highest BCUT2D eigenvalue weighted by atomic mass is 32.2. The average molecular weight is 828 g/mol. The molecule has 4 N–H and O–H groups in total. The third-order valence-corrected chi connectivity index (χ3v) is 13.6. The Morgan fingerprint density at radius 1 is 0.983 bits per heavy atom. The normalized spacial score (nSPS) is 20.5. The Morgan fingerprint density at radius 3 is 2.65 bits per heavy atom. The van der Waals surface area contributed by atoms with E-state index in [0.29, 0.717) is 71.3 Å². The number of carbonyl (C=O) groups excluding carboxylic acids is 1. The van der Waals surface area contributed by atoms with Crippen molar-refractivity contribution in [3.8, 4) is 11.5 Å². The van der Waals surface area contributed by atoms with Crippen LogP contribution in [0.2, 0.25) is 0 Å². The number of aromatic amines is 1. The van der Waals surface area contributed by atoms with Crippen molar-refractivity contribution in [3.05, 3.63) is 124 Å². The number of fused-ring (bicyclic) bond motifs is 1. The molecule has 0 bridgehead atoms. The number of nitro benzene ring substituents is 1. The summed E-state index contributed by atoms with van der Waals surface area (Å²) in [7, 11) is 0. The van der Waals surface area contributed by atoms with Crippen molar-refractivity contribution in [1.82, 2.24) is 24.9 Å². The van der Waals surface area contributed by atoms with Gasteiger partial charge in [-0.2, -0.15) is 0 Å². The van der Waals surface area contributed by atoms with E-state index in [9.17, 15) is 14.9 Å². The molecular formula is C47H53N7O5S. The van der Waals surface area contributed by atoms with Crippen LogP contribution in [0.4, 0.5) is 11.4 Å². The maximum absolute atomic E-state index is 13.9. The maximum atomic E-state index is 13.9. The molecule has 5 aromatic rings. The molecule has 5 heterocycles. The van der Waals surface area contributed by atoms with Crippen LogP contribution >= 0.6 is 11.9 Å². The van der Waals surface area contributed by atoms with Crippen molar-refractivity contribution in [2.75, 3.05) is 44.7 Å². The van der Waals surface area contributed by atoms with Crippen LogP contribution in [-0.2, 0) is 4.74 Å². The number of benzene rings is 3. The summed E-state index contributed by atoms with van der Waals surface area (Å²) in [6, 6.07) is 24.7. The van der Waals surface area contributed by atoms with E-state index in [4.69, 9.17) is 9.47 Å². The zero-order valence-electron chi connectivity index (χ0n) is 33.9. The number of nitrogens with one attached hydrogen (secondary N) is 4.